The molecule has 0 radical (unpaired) electrons. The summed E-state index contributed by atoms with van der Waals surface area (Å²) in [6.45, 7) is 11.1. The molecule has 0 aromatic heterocycles. The van der Waals surface area contributed by atoms with Crippen LogP contribution in [0.3, 0.4) is 0 Å². The molecule has 0 heterocycles. The summed E-state index contributed by atoms with van der Waals surface area (Å²) in [5.74, 6) is 0.721. The van der Waals surface area contributed by atoms with Crippen LogP contribution in [-0.2, 0) is 0 Å². The minimum absolute atomic E-state index is 0.485. The highest BCUT2D eigenvalue weighted by Gasteiger charge is 2.14. The molecule has 1 atom stereocenters. The van der Waals surface area contributed by atoms with E-state index >= 15 is 0 Å². The summed E-state index contributed by atoms with van der Waals surface area (Å²) < 4.78 is 0. The van der Waals surface area contributed by atoms with Crippen molar-refractivity contribution in [1.29, 1.82) is 0 Å². The first-order valence-corrected chi connectivity index (χ1v) is 6.20. The lowest BCUT2D eigenvalue weighted by Gasteiger charge is -2.22. The van der Waals surface area contributed by atoms with Gasteiger partial charge in [0.15, 0.2) is 0 Å². The molecule has 1 nitrogen and oxygen atoms in total. The molecule has 1 aromatic carbocycles. The smallest absolute Gasteiger partial charge is 0.0322 e. The predicted molar refractivity (Wildman–Crippen MR) is 71.9 cm³/mol. The topological polar surface area (TPSA) is 12.0 Å². The van der Waals surface area contributed by atoms with E-state index in [2.05, 4.69) is 59.1 Å². The molecular weight excluding hydrogens is 194 g/mol. The van der Waals surface area contributed by atoms with Gasteiger partial charge >= 0.3 is 0 Å². The highest BCUT2D eigenvalue weighted by atomic mass is 14.9. The molecule has 0 spiro atoms. The molecule has 1 heteroatoms. The monoisotopic (exact) mass is 219 g/mol. The highest BCUT2D eigenvalue weighted by molar-refractivity contribution is 5.38. The molecule has 1 N–H and O–H groups in total. The second-order valence-electron chi connectivity index (χ2n) is 5.26. The average Bonchev–Trinajstić information content (AvgIpc) is 2.20. The molecule has 1 aromatic rings. The first kappa shape index (κ1) is 13.2. The van der Waals surface area contributed by atoms with Gasteiger partial charge in [-0.15, -0.1) is 0 Å². The fourth-order valence-corrected chi connectivity index (χ4v) is 2.23. The third kappa shape index (κ3) is 3.08. The van der Waals surface area contributed by atoms with Crippen LogP contribution in [0.1, 0.15) is 48.6 Å². The Hall–Kier alpha value is -0.820. The Balaban J connectivity index is 3.05. The van der Waals surface area contributed by atoms with Crippen LogP contribution in [-0.4, -0.2) is 7.05 Å². The molecular formula is C15H25N. The lowest BCUT2D eigenvalue weighted by molar-refractivity contribution is 0.455. The van der Waals surface area contributed by atoms with E-state index < -0.39 is 0 Å². The largest absolute Gasteiger partial charge is 0.313 e. The highest BCUT2D eigenvalue weighted by Crippen LogP contribution is 2.26. The van der Waals surface area contributed by atoms with Gasteiger partial charge in [-0.1, -0.05) is 26.0 Å². The maximum atomic E-state index is 3.44. The predicted octanol–water partition coefficient (Wildman–Crippen LogP) is 3.92. The summed E-state index contributed by atoms with van der Waals surface area (Å²) in [4.78, 5) is 0. The second kappa shape index (κ2) is 5.49. The molecule has 0 saturated carbocycles. The quantitative estimate of drug-likeness (QED) is 0.809. The van der Waals surface area contributed by atoms with E-state index in [0.717, 1.165) is 5.92 Å². The van der Waals surface area contributed by atoms with E-state index in [1.807, 2.05) is 0 Å². The maximum absolute atomic E-state index is 3.44. The maximum Gasteiger partial charge on any atom is 0.0322 e. The van der Waals surface area contributed by atoms with E-state index in [4.69, 9.17) is 0 Å². The van der Waals surface area contributed by atoms with Crippen LogP contribution in [0.4, 0.5) is 0 Å². The van der Waals surface area contributed by atoms with Gasteiger partial charge in [0, 0.05) is 6.04 Å². The SMILES string of the molecule is CNC(CC(C)C)c1cc(C)c(C)cc1C. The number of benzene rings is 1. The molecule has 0 aliphatic heterocycles. The van der Waals surface area contributed by atoms with Gasteiger partial charge in [-0.25, -0.2) is 0 Å². The number of nitrogens with one attached hydrogen (secondary N) is 1. The van der Waals surface area contributed by atoms with Crippen molar-refractivity contribution in [3.63, 3.8) is 0 Å². The van der Waals surface area contributed by atoms with Crippen LogP contribution in [0.25, 0.3) is 0 Å². The molecule has 0 saturated heterocycles. The Morgan fingerprint density at radius 2 is 1.56 bits per heavy atom. The molecule has 1 unspecified atom stereocenters. The summed E-state index contributed by atoms with van der Waals surface area (Å²) in [5, 5.41) is 3.44. The average molecular weight is 219 g/mol. The molecule has 90 valence electrons. The fraction of sp³-hybridized carbons (Fsp3) is 0.600. The summed E-state index contributed by atoms with van der Waals surface area (Å²) in [6.07, 6.45) is 1.19. The van der Waals surface area contributed by atoms with E-state index in [9.17, 15) is 0 Å². The van der Waals surface area contributed by atoms with Crippen molar-refractivity contribution in [2.75, 3.05) is 7.05 Å². The number of rotatable bonds is 4. The Morgan fingerprint density at radius 3 is 2.06 bits per heavy atom. The second-order valence-corrected chi connectivity index (χ2v) is 5.26. The Kier molecular flexibility index (Phi) is 4.55. The Bertz CT molecular complexity index is 353. The van der Waals surface area contributed by atoms with Gasteiger partial charge in [0.1, 0.15) is 0 Å². The lowest BCUT2D eigenvalue weighted by atomic mass is 9.91. The van der Waals surface area contributed by atoms with Crippen LogP contribution in [0.5, 0.6) is 0 Å². The van der Waals surface area contributed by atoms with E-state index in [-0.39, 0.29) is 0 Å². The van der Waals surface area contributed by atoms with Crippen LogP contribution in [0, 0.1) is 26.7 Å². The van der Waals surface area contributed by atoms with Crippen molar-refractivity contribution >= 4 is 0 Å². The van der Waals surface area contributed by atoms with Crippen molar-refractivity contribution in [1.82, 2.24) is 5.32 Å². The normalized spacial score (nSPS) is 13.2. The van der Waals surface area contributed by atoms with Crippen molar-refractivity contribution < 1.29 is 0 Å². The number of hydrogen-bond donors (Lipinski definition) is 1. The van der Waals surface area contributed by atoms with Crippen molar-refractivity contribution in [2.24, 2.45) is 5.92 Å². The zero-order valence-corrected chi connectivity index (χ0v) is 11.5. The minimum atomic E-state index is 0.485. The van der Waals surface area contributed by atoms with Gasteiger partial charge in [0.25, 0.3) is 0 Å². The van der Waals surface area contributed by atoms with Gasteiger partial charge in [0.05, 0.1) is 0 Å². The van der Waals surface area contributed by atoms with E-state index in [0.29, 0.717) is 6.04 Å². The van der Waals surface area contributed by atoms with E-state index in [1.54, 1.807) is 0 Å². The molecule has 0 aliphatic carbocycles. The summed E-state index contributed by atoms with van der Waals surface area (Å²) in [6, 6.07) is 5.13. The fourth-order valence-electron chi connectivity index (χ4n) is 2.23. The zero-order chi connectivity index (χ0) is 12.3. The van der Waals surface area contributed by atoms with Gasteiger partial charge in [0.2, 0.25) is 0 Å². The molecule has 0 fully saturated rings. The van der Waals surface area contributed by atoms with Gasteiger partial charge in [-0.3, -0.25) is 0 Å². The first-order chi connectivity index (χ1) is 7.45. The van der Waals surface area contributed by atoms with E-state index in [1.165, 1.54) is 28.7 Å². The summed E-state index contributed by atoms with van der Waals surface area (Å²) in [7, 11) is 2.06. The summed E-state index contributed by atoms with van der Waals surface area (Å²) in [5.41, 5.74) is 5.65. The summed E-state index contributed by atoms with van der Waals surface area (Å²) >= 11 is 0. The Labute approximate surface area is 100 Å². The molecule has 16 heavy (non-hydrogen) atoms. The third-order valence-electron chi connectivity index (χ3n) is 3.31. The molecule has 0 bridgehead atoms. The standard InChI is InChI=1S/C15H25N/c1-10(2)7-15(16-6)14-9-12(4)11(3)8-13(14)5/h8-10,15-16H,7H2,1-6H3. The van der Waals surface area contributed by atoms with Crippen LogP contribution >= 0.6 is 0 Å². The lowest BCUT2D eigenvalue weighted by Crippen LogP contribution is -2.19. The van der Waals surface area contributed by atoms with Gasteiger partial charge < -0.3 is 5.32 Å². The zero-order valence-electron chi connectivity index (χ0n) is 11.5. The van der Waals surface area contributed by atoms with Crippen LogP contribution in [0.15, 0.2) is 12.1 Å². The van der Waals surface area contributed by atoms with Crippen LogP contribution < -0.4 is 5.32 Å². The van der Waals surface area contributed by atoms with Crippen molar-refractivity contribution in [2.45, 2.75) is 47.1 Å². The molecule has 1 rings (SSSR count). The Morgan fingerprint density at radius 1 is 1.00 bits per heavy atom. The van der Waals surface area contributed by atoms with Crippen molar-refractivity contribution in [3.05, 3.63) is 34.4 Å². The third-order valence-corrected chi connectivity index (χ3v) is 3.31. The molecule has 0 aliphatic rings. The number of aryl methyl sites for hydroxylation is 3. The molecule has 0 amide bonds. The van der Waals surface area contributed by atoms with Gasteiger partial charge in [-0.2, -0.15) is 0 Å². The van der Waals surface area contributed by atoms with Crippen molar-refractivity contribution in [3.8, 4) is 0 Å². The first-order valence-electron chi connectivity index (χ1n) is 6.20. The number of hydrogen-bond acceptors (Lipinski definition) is 1. The minimum Gasteiger partial charge on any atom is -0.313 e. The van der Waals surface area contributed by atoms with Gasteiger partial charge in [-0.05, 0) is 62.4 Å². The van der Waals surface area contributed by atoms with Crippen LogP contribution in [0.2, 0.25) is 0 Å².